The molecule has 35 heavy (non-hydrogen) atoms. The molecule has 192 valence electrons. The molecule has 1 aromatic carbocycles. The van der Waals surface area contributed by atoms with Gasteiger partial charge in [0.15, 0.2) is 8.32 Å². The minimum atomic E-state index is -2.14. The number of aliphatic hydroxyl groups excluding tert-OH is 1. The molecule has 3 atom stereocenters. The van der Waals surface area contributed by atoms with Crippen LogP contribution in [0.15, 0.2) is 35.3 Å². The number of rotatable bonds is 9. The van der Waals surface area contributed by atoms with Crippen molar-refractivity contribution in [2.24, 2.45) is 0 Å². The Labute approximate surface area is 205 Å². The highest BCUT2D eigenvalue weighted by Gasteiger charge is 2.45. The Morgan fingerprint density at radius 1 is 1.29 bits per heavy atom. The summed E-state index contributed by atoms with van der Waals surface area (Å²) in [4.78, 5) is 27.3. The topological polar surface area (TPSA) is 152 Å². The number of nitrogens with zero attached hydrogens (tertiary/aromatic N) is 3. The summed E-state index contributed by atoms with van der Waals surface area (Å²) in [5.74, 6) is 0.0135. The maximum absolute atomic E-state index is 12.6. The van der Waals surface area contributed by atoms with E-state index in [4.69, 9.17) is 19.6 Å². The smallest absolute Gasteiger partial charge is 0.351 e. The van der Waals surface area contributed by atoms with Gasteiger partial charge in [0.1, 0.15) is 18.1 Å². The van der Waals surface area contributed by atoms with Crippen molar-refractivity contribution in [2.45, 2.75) is 77.0 Å². The summed E-state index contributed by atoms with van der Waals surface area (Å²) in [6, 6.07) is 6.30. The van der Waals surface area contributed by atoms with Crippen molar-refractivity contribution in [1.29, 1.82) is 0 Å². The van der Waals surface area contributed by atoms with E-state index in [2.05, 4.69) is 38.8 Å². The van der Waals surface area contributed by atoms with Crippen molar-refractivity contribution in [1.82, 2.24) is 9.55 Å². The van der Waals surface area contributed by atoms with Crippen molar-refractivity contribution in [3.8, 4) is 0 Å². The third-order valence-electron chi connectivity index (χ3n) is 6.69. The Morgan fingerprint density at radius 3 is 2.57 bits per heavy atom. The van der Waals surface area contributed by atoms with E-state index in [0.717, 1.165) is 0 Å². The van der Waals surface area contributed by atoms with Crippen LogP contribution in [-0.2, 0) is 27.1 Å². The fourth-order valence-electron chi connectivity index (χ4n) is 3.64. The van der Waals surface area contributed by atoms with Crippen LogP contribution in [0.25, 0.3) is 0 Å². The van der Waals surface area contributed by atoms with Crippen LogP contribution in [0, 0.1) is 10.1 Å². The first-order chi connectivity index (χ1) is 16.3. The lowest BCUT2D eigenvalue weighted by Gasteiger charge is -2.39. The Hall–Kier alpha value is -2.64. The molecule has 11 nitrogen and oxygen atoms in total. The zero-order chi connectivity index (χ0) is 26.0. The predicted molar refractivity (Wildman–Crippen MR) is 132 cm³/mol. The fraction of sp³-hybridized carbons (Fsp3) is 0.565. The van der Waals surface area contributed by atoms with Gasteiger partial charge in [0.2, 0.25) is 0 Å². The van der Waals surface area contributed by atoms with Crippen LogP contribution in [-0.4, -0.2) is 46.7 Å². The molecule has 0 amide bonds. The van der Waals surface area contributed by atoms with Crippen LogP contribution in [0.3, 0.4) is 0 Å². The molecule has 2 heterocycles. The van der Waals surface area contributed by atoms with Crippen molar-refractivity contribution < 1.29 is 23.9 Å². The second-order valence-corrected chi connectivity index (χ2v) is 14.9. The molecule has 1 saturated heterocycles. The normalized spacial score (nSPS) is 20.8. The van der Waals surface area contributed by atoms with Crippen molar-refractivity contribution in [2.75, 3.05) is 12.3 Å². The quantitative estimate of drug-likeness (QED) is 0.297. The molecule has 0 aliphatic carbocycles. The van der Waals surface area contributed by atoms with Crippen LogP contribution in [0.2, 0.25) is 18.1 Å². The van der Waals surface area contributed by atoms with Crippen LogP contribution in [0.5, 0.6) is 0 Å². The van der Waals surface area contributed by atoms with Gasteiger partial charge in [0.05, 0.1) is 36.4 Å². The molecule has 0 bridgehead atoms. The molecule has 3 N–H and O–H groups in total. The van der Waals surface area contributed by atoms with E-state index in [1.54, 1.807) is 18.2 Å². The molecule has 0 radical (unpaired) electrons. The highest BCUT2D eigenvalue weighted by Crippen LogP contribution is 2.41. The van der Waals surface area contributed by atoms with Gasteiger partial charge in [-0.3, -0.25) is 14.7 Å². The second kappa shape index (κ2) is 10.5. The Morgan fingerprint density at radius 2 is 1.94 bits per heavy atom. The average Bonchev–Trinajstić information content (AvgIpc) is 3.16. The van der Waals surface area contributed by atoms with Gasteiger partial charge >= 0.3 is 5.69 Å². The van der Waals surface area contributed by atoms with E-state index in [9.17, 15) is 20.0 Å². The van der Waals surface area contributed by atoms with Gasteiger partial charge < -0.3 is 24.7 Å². The minimum Gasteiger partial charge on any atom is -0.411 e. The van der Waals surface area contributed by atoms with E-state index in [0.29, 0.717) is 17.5 Å². The third kappa shape index (κ3) is 6.14. The molecule has 0 spiro atoms. The number of hydrogen-bond acceptors (Lipinski definition) is 9. The maximum atomic E-state index is 12.6. The molecular weight excluding hydrogens is 472 g/mol. The molecule has 0 saturated carbocycles. The number of anilines is 1. The summed E-state index contributed by atoms with van der Waals surface area (Å²) in [5.41, 5.74) is 6.20. The summed E-state index contributed by atoms with van der Waals surface area (Å²) in [5, 5.41) is 21.0. The molecule has 0 unspecified atom stereocenters. The van der Waals surface area contributed by atoms with Crippen LogP contribution < -0.4 is 11.4 Å². The number of nitro benzene ring substituents is 1. The standard InChI is InChI=1S/C23H34N4O7Si/c1-23(2,3)35(4,5)34-18-10-20(33-19(18)12-28)26-11-16(21(24)25-22(26)29)14-32-13-15-8-6-7-9-17(15)27(30)31/h6-9,11,18-20,28H,10,12-14H2,1-5H3,(H2,24,25,29)/t18-,19-,20-/m1/s1. The molecule has 1 aromatic heterocycles. The Balaban J connectivity index is 1.75. The highest BCUT2D eigenvalue weighted by molar-refractivity contribution is 6.74. The molecule has 1 fully saturated rings. The monoisotopic (exact) mass is 506 g/mol. The van der Waals surface area contributed by atoms with Crippen LogP contribution in [0.4, 0.5) is 11.5 Å². The van der Waals surface area contributed by atoms with Gasteiger partial charge in [-0.25, -0.2) is 4.79 Å². The maximum Gasteiger partial charge on any atom is 0.351 e. The largest absolute Gasteiger partial charge is 0.411 e. The fourth-order valence-corrected chi connectivity index (χ4v) is 4.99. The first kappa shape index (κ1) is 27.0. The van der Waals surface area contributed by atoms with Crippen molar-refractivity contribution >= 4 is 19.8 Å². The van der Waals surface area contributed by atoms with Gasteiger partial charge in [0, 0.05) is 24.2 Å². The van der Waals surface area contributed by atoms with E-state index in [1.807, 2.05) is 0 Å². The predicted octanol–water partition coefficient (Wildman–Crippen LogP) is 3.12. The van der Waals surface area contributed by atoms with E-state index >= 15 is 0 Å². The molecule has 12 heteroatoms. The number of hydrogen-bond donors (Lipinski definition) is 2. The molecule has 1 aliphatic heterocycles. The van der Waals surface area contributed by atoms with Crippen LogP contribution >= 0.6 is 0 Å². The van der Waals surface area contributed by atoms with Crippen molar-refractivity contribution in [3.05, 3.63) is 62.2 Å². The van der Waals surface area contributed by atoms with E-state index in [1.165, 1.54) is 16.8 Å². The number of nitrogen functional groups attached to an aromatic ring is 1. The highest BCUT2D eigenvalue weighted by atomic mass is 28.4. The van der Waals surface area contributed by atoms with E-state index < -0.39 is 31.3 Å². The number of para-hydroxylation sites is 1. The van der Waals surface area contributed by atoms with Gasteiger partial charge in [-0.2, -0.15) is 4.98 Å². The summed E-state index contributed by atoms with van der Waals surface area (Å²) >= 11 is 0. The van der Waals surface area contributed by atoms with Gasteiger partial charge in [0.25, 0.3) is 5.69 Å². The lowest BCUT2D eigenvalue weighted by Crippen LogP contribution is -2.46. The SMILES string of the molecule is CC(C)(C)[Si](C)(C)O[C@@H]1C[C@H](n2cc(COCc3ccccc3[N+](=O)[O-])c(N)nc2=O)O[C@@H]1CO. The molecular formula is C23H34N4O7Si. The summed E-state index contributed by atoms with van der Waals surface area (Å²) < 4.78 is 19.4. The van der Waals surface area contributed by atoms with Gasteiger partial charge in [-0.1, -0.05) is 32.9 Å². The average molecular weight is 507 g/mol. The molecule has 1 aliphatic rings. The first-order valence-corrected chi connectivity index (χ1v) is 14.4. The lowest BCUT2D eigenvalue weighted by atomic mass is 10.2. The van der Waals surface area contributed by atoms with E-state index in [-0.39, 0.29) is 42.5 Å². The summed E-state index contributed by atoms with van der Waals surface area (Å²) in [6.07, 6.45) is 0.277. The first-order valence-electron chi connectivity index (χ1n) is 11.5. The second-order valence-electron chi connectivity index (χ2n) is 10.2. The minimum absolute atomic E-state index is 0.00872. The number of ether oxygens (including phenoxy) is 2. The van der Waals surface area contributed by atoms with Gasteiger partial charge in [-0.05, 0) is 24.2 Å². The number of nitro groups is 1. The van der Waals surface area contributed by atoms with Crippen LogP contribution in [0.1, 0.15) is 44.5 Å². The number of aliphatic hydroxyl groups is 1. The molecule has 3 rings (SSSR count). The Bertz CT molecular complexity index is 1120. The Kier molecular flexibility index (Phi) is 8.12. The summed E-state index contributed by atoms with van der Waals surface area (Å²) in [6.45, 7) is 10.4. The number of nitrogens with two attached hydrogens (primary N) is 1. The molecule has 2 aromatic rings. The zero-order valence-electron chi connectivity index (χ0n) is 20.8. The van der Waals surface area contributed by atoms with Crippen molar-refractivity contribution in [3.63, 3.8) is 0 Å². The third-order valence-corrected chi connectivity index (χ3v) is 11.2. The number of benzene rings is 1. The summed E-state index contributed by atoms with van der Waals surface area (Å²) in [7, 11) is -2.14. The van der Waals surface area contributed by atoms with Gasteiger partial charge in [-0.15, -0.1) is 0 Å². The number of aromatic nitrogens is 2. The lowest BCUT2D eigenvalue weighted by molar-refractivity contribution is -0.386. The zero-order valence-corrected chi connectivity index (χ0v) is 21.8.